The van der Waals surface area contributed by atoms with E-state index in [0.717, 1.165) is 5.56 Å². The van der Waals surface area contributed by atoms with Gasteiger partial charge in [0.05, 0.1) is 13.7 Å². The van der Waals surface area contributed by atoms with Gasteiger partial charge in [0, 0.05) is 6.07 Å². The predicted octanol–water partition coefficient (Wildman–Crippen LogP) is 2.25. The van der Waals surface area contributed by atoms with Gasteiger partial charge in [0.2, 0.25) is 5.88 Å². The summed E-state index contributed by atoms with van der Waals surface area (Å²) in [5.74, 6) is 1.28. The third-order valence-corrected chi connectivity index (χ3v) is 2.46. The van der Waals surface area contributed by atoms with Crippen molar-refractivity contribution in [1.82, 2.24) is 4.98 Å². The highest BCUT2D eigenvalue weighted by Gasteiger charge is 2.08. The number of aromatic nitrogens is 1. The lowest BCUT2D eigenvalue weighted by molar-refractivity contribution is 0.280. The number of pyridine rings is 1. The second kappa shape index (κ2) is 5.85. The number of hydrogen-bond acceptors (Lipinski definition) is 5. The van der Waals surface area contributed by atoms with Crippen molar-refractivity contribution in [3.8, 4) is 23.4 Å². The molecule has 0 aliphatic carbocycles. The molecule has 96 valence electrons. The number of ether oxygens (including phenoxy) is 2. The molecule has 1 aromatic carbocycles. The van der Waals surface area contributed by atoms with Gasteiger partial charge in [0.25, 0.3) is 0 Å². The molecule has 2 aromatic rings. The Labute approximate surface area is 110 Å². The molecule has 5 nitrogen and oxygen atoms in total. The summed E-state index contributed by atoms with van der Waals surface area (Å²) in [7, 11) is 1.52. The second-order valence-corrected chi connectivity index (χ2v) is 3.72. The largest absolute Gasteiger partial charge is 0.493 e. The molecule has 2 rings (SSSR count). The molecule has 0 atom stereocenters. The van der Waals surface area contributed by atoms with Crippen LogP contribution in [0.25, 0.3) is 0 Å². The third-order valence-electron chi connectivity index (χ3n) is 2.46. The van der Waals surface area contributed by atoms with E-state index in [2.05, 4.69) is 4.98 Å². The van der Waals surface area contributed by atoms with Gasteiger partial charge in [-0.15, -0.1) is 0 Å². The Morgan fingerprint density at radius 3 is 2.79 bits per heavy atom. The fraction of sp³-hybridized carbons (Fsp3) is 0.143. The van der Waals surface area contributed by atoms with Crippen molar-refractivity contribution in [2.24, 2.45) is 0 Å². The molecular weight excluding hydrogens is 244 g/mol. The Hall–Kier alpha value is -2.58. The normalized spacial score (nSPS) is 9.74. The Morgan fingerprint density at radius 2 is 2.11 bits per heavy atom. The summed E-state index contributed by atoms with van der Waals surface area (Å²) in [6.45, 7) is -0.0706. The molecule has 0 aliphatic rings. The number of hydrogen-bond donors (Lipinski definition) is 1. The van der Waals surface area contributed by atoms with Gasteiger partial charge in [-0.3, -0.25) is 0 Å². The Balaban J connectivity index is 2.30. The standard InChI is InChI=1S/C14H12N2O3/c1-18-13-7-10(9-17)5-6-12(13)19-14-4-2-3-11(8-15)16-14/h2-7,17H,9H2,1H3. The zero-order chi connectivity index (χ0) is 13.7. The van der Waals surface area contributed by atoms with Crippen LogP contribution in [0.4, 0.5) is 0 Å². The minimum absolute atomic E-state index is 0.0706. The molecule has 19 heavy (non-hydrogen) atoms. The van der Waals surface area contributed by atoms with Crippen LogP contribution >= 0.6 is 0 Å². The first-order valence-electron chi connectivity index (χ1n) is 5.59. The van der Waals surface area contributed by atoms with Gasteiger partial charge in [-0.2, -0.15) is 5.26 Å². The summed E-state index contributed by atoms with van der Waals surface area (Å²) in [5, 5.41) is 17.8. The van der Waals surface area contributed by atoms with Crippen LogP contribution in [-0.2, 0) is 6.61 Å². The van der Waals surface area contributed by atoms with Crippen LogP contribution in [0, 0.1) is 11.3 Å². The van der Waals surface area contributed by atoms with Crippen molar-refractivity contribution in [3.05, 3.63) is 47.7 Å². The van der Waals surface area contributed by atoms with Gasteiger partial charge in [0.1, 0.15) is 11.8 Å². The molecule has 0 saturated carbocycles. The van der Waals surface area contributed by atoms with E-state index < -0.39 is 0 Å². The van der Waals surface area contributed by atoms with Crippen molar-refractivity contribution in [3.63, 3.8) is 0 Å². The maximum Gasteiger partial charge on any atom is 0.220 e. The highest BCUT2D eigenvalue weighted by atomic mass is 16.5. The van der Waals surface area contributed by atoms with E-state index in [1.807, 2.05) is 6.07 Å². The number of aliphatic hydroxyl groups excluding tert-OH is 1. The molecule has 1 aromatic heterocycles. The van der Waals surface area contributed by atoms with Crippen molar-refractivity contribution >= 4 is 0 Å². The van der Waals surface area contributed by atoms with Crippen molar-refractivity contribution < 1.29 is 14.6 Å². The molecule has 1 heterocycles. The van der Waals surface area contributed by atoms with Crippen molar-refractivity contribution in [1.29, 1.82) is 5.26 Å². The summed E-state index contributed by atoms with van der Waals surface area (Å²) < 4.78 is 10.8. The van der Waals surface area contributed by atoms with Crippen LogP contribution < -0.4 is 9.47 Å². The van der Waals surface area contributed by atoms with Crippen LogP contribution in [0.1, 0.15) is 11.3 Å². The Morgan fingerprint density at radius 1 is 1.26 bits per heavy atom. The molecule has 0 radical (unpaired) electrons. The molecule has 0 fully saturated rings. The smallest absolute Gasteiger partial charge is 0.220 e. The van der Waals surface area contributed by atoms with Crippen molar-refractivity contribution in [2.75, 3.05) is 7.11 Å². The van der Waals surface area contributed by atoms with Gasteiger partial charge in [0.15, 0.2) is 11.5 Å². The van der Waals surface area contributed by atoms with Crippen LogP contribution in [-0.4, -0.2) is 17.2 Å². The van der Waals surface area contributed by atoms with Crippen LogP contribution in [0.2, 0.25) is 0 Å². The van der Waals surface area contributed by atoms with E-state index in [0.29, 0.717) is 17.4 Å². The number of aliphatic hydroxyl groups is 1. The summed E-state index contributed by atoms with van der Waals surface area (Å²) in [6.07, 6.45) is 0. The number of rotatable bonds is 4. The van der Waals surface area contributed by atoms with E-state index in [1.54, 1.807) is 36.4 Å². The fourth-order valence-electron chi connectivity index (χ4n) is 1.54. The first-order valence-corrected chi connectivity index (χ1v) is 5.59. The zero-order valence-corrected chi connectivity index (χ0v) is 10.3. The quantitative estimate of drug-likeness (QED) is 0.907. The van der Waals surface area contributed by atoms with E-state index >= 15 is 0 Å². The molecule has 0 aliphatic heterocycles. The number of methoxy groups -OCH3 is 1. The van der Waals surface area contributed by atoms with Gasteiger partial charge in [-0.1, -0.05) is 12.1 Å². The highest BCUT2D eigenvalue weighted by Crippen LogP contribution is 2.31. The molecule has 0 saturated heterocycles. The zero-order valence-electron chi connectivity index (χ0n) is 10.3. The topological polar surface area (TPSA) is 75.4 Å². The van der Waals surface area contributed by atoms with E-state index in [9.17, 15) is 0 Å². The summed E-state index contributed by atoms with van der Waals surface area (Å²) >= 11 is 0. The Bertz CT molecular complexity index is 620. The van der Waals surface area contributed by atoms with E-state index in [1.165, 1.54) is 7.11 Å². The molecule has 0 amide bonds. The van der Waals surface area contributed by atoms with Gasteiger partial charge >= 0.3 is 0 Å². The monoisotopic (exact) mass is 256 g/mol. The number of benzene rings is 1. The highest BCUT2D eigenvalue weighted by molar-refractivity contribution is 5.44. The summed E-state index contributed by atoms with van der Waals surface area (Å²) in [6, 6.07) is 12.0. The molecule has 5 heteroatoms. The first-order chi connectivity index (χ1) is 9.26. The number of nitrogens with zero attached hydrogens (tertiary/aromatic N) is 2. The first kappa shape index (κ1) is 12.9. The lowest BCUT2D eigenvalue weighted by atomic mass is 10.2. The van der Waals surface area contributed by atoms with E-state index in [-0.39, 0.29) is 12.3 Å². The van der Waals surface area contributed by atoms with Gasteiger partial charge in [-0.05, 0) is 23.8 Å². The van der Waals surface area contributed by atoms with Crippen LogP contribution in [0.5, 0.6) is 17.4 Å². The SMILES string of the molecule is COc1cc(CO)ccc1Oc1cccc(C#N)n1. The lowest BCUT2D eigenvalue weighted by Gasteiger charge is -2.10. The third kappa shape index (κ3) is 3.00. The minimum atomic E-state index is -0.0706. The van der Waals surface area contributed by atoms with Crippen LogP contribution in [0.15, 0.2) is 36.4 Å². The maximum atomic E-state index is 9.06. The molecule has 0 bridgehead atoms. The molecular formula is C14H12N2O3. The maximum absolute atomic E-state index is 9.06. The van der Waals surface area contributed by atoms with Gasteiger partial charge in [-0.25, -0.2) is 4.98 Å². The van der Waals surface area contributed by atoms with Crippen LogP contribution in [0.3, 0.4) is 0 Å². The Kier molecular flexibility index (Phi) is 3.96. The molecule has 1 N–H and O–H groups in total. The summed E-state index contributed by atoms with van der Waals surface area (Å²) in [4.78, 5) is 4.02. The lowest BCUT2D eigenvalue weighted by Crippen LogP contribution is -1.94. The average Bonchev–Trinajstić information content (AvgIpc) is 2.48. The second-order valence-electron chi connectivity index (χ2n) is 3.72. The fourth-order valence-corrected chi connectivity index (χ4v) is 1.54. The molecule has 0 unspecified atom stereocenters. The molecule has 0 spiro atoms. The summed E-state index contributed by atoms with van der Waals surface area (Å²) in [5.41, 5.74) is 1.01. The minimum Gasteiger partial charge on any atom is -0.493 e. The predicted molar refractivity (Wildman–Crippen MR) is 67.9 cm³/mol. The average molecular weight is 256 g/mol. The number of nitriles is 1. The van der Waals surface area contributed by atoms with Gasteiger partial charge < -0.3 is 14.6 Å². The van der Waals surface area contributed by atoms with Crippen molar-refractivity contribution in [2.45, 2.75) is 6.61 Å². The van der Waals surface area contributed by atoms with E-state index in [4.69, 9.17) is 19.8 Å².